The highest BCUT2D eigenvalue weighted by Gasteiger charge is 2.01. The summed E-state index contributed by atoms with van der Waals surface area (Å²) >= 11 is 0. The van der Waals surface area contributed by atoms with Gasteiger partial charge < -0.3 is 5.73 Å². The van der Waals surface area contributed by atoms with E-state index in [1.807, 2.05) is 16.8 Å². The van der Waals surface area contributed by atoms with Crippen LogP contribution in [-0.2, 0) is 12.8 Å². The Morgan fingerprint density at radius 2 is 2.29 bits per heavy atom. The van der Waals surface area contributed by atoms with Crippen molar-refractivity contribution >= 4 is 5.65 Å². The molecule has 2 aromatic rings. The molecule has 0 aliphatic carbocycles. The van der Waals surface area contributed by atoms with E-state index in [9.17, 15) is 0 Å². The summed E-state index contributed by atoms with van der Waals surface area (Å²) in [5.41, 5.74) is 7.60. The number of nitrogens with two attached hydrogens (primary N) is 1. The first kappa shape index (κ1) is 9.15. The van der Waals surface area contributed by atoms with Crippen LogP contribution in [0.15, 0.2) is 18.3 Å². The highest BCUT2D eigenvalue weighted by Crippen LogP contribution is 2.05. The van der Waals surface area contributed by atoms with Gasteiger partial charge in [-0.2, -0.15) is 5.10 Å². The van der Waals surface area contributed by atoms with Gasteiger partial charge in [-0.3, -0.25) is 0 Å². The minimum atomic E-state index is 0.667. The van der Waals surface area contributed by atoms with Gasteiger partial charge in [0.05, 0.1) is 0 Å². The molecule has 0 bridgehead atoms. The summed E-state index contributed by atoms with van der Waals surface area (Å²) in [7, 11) is 0. The number of fused-ring (bicyclic) bond motifs is 1. The molecule has 14 heavy (non-hydrogen) atoms. The smallest absolute Gasteiger partial charge is 0.155 e. The fourth-order valence-electron chi connectivity index (χ4n) is 1.44. The molecule has 0 aromatic carbocycles. The lowest BCUT2D eigenvalue weighted by atomic mass is 10.2. The molecule has 0 unspecified atom stereocenters. The van der Waals surface area contributed by atoms with Crippen LogP contribution < -0.4 is 5.73 Å². The Kier molecular flexibility index (Phi) is 2.45. The summed E-state index contributed by atoms with van der Waals surface area (Å²) in [6, 6.07) is 4.04. The average Bonchev–Trinajstić information content (AvgIpc) is 2.60. The van der Waals surface area contributed by atoms with E-state index in [-0.39, 0.29) is 0 Å². The Morgan fingerprint density at radius 3 is 3.00 bits per heavy atom. The van der Waals surface area contributed by atoms with E-state index in [0.717, 1.165) is 24.3 Å². The van der Waals surface area contributed by atoms with Gasteiger partial charge in [0.25, 0.3) is 0 Å². The van der Waals surface area contributed by atoms with Crippen LogP contribution in [0.4, 0.5) is 0 Å². The number of nitrogens with zero attached hydrogens (tertiary/aromatic N) is 3. The highest BCUT2D eigenvalue weighted by atomic mass is 15.3. The molecule has 2 heterocycles. The first-order valence-electron chi connectivity index (χ1n) is 4.87. The highest BCUT2D eigenvalue weighted by molar-refractivity contribution is 5.38. The maximum absolute atomic E-state index is 5.49. The van der Waals surface area contributed by atoms with Gasteiger partial charge in [-0.05, 0) is 24.6 Å². The van der Waals surface area contributed by atoms with E-state index >= 15 is 0 Å². The summed E-state index contributed by atoms with van der Waals surface area (Å²) in [5, 5.41) is 4.34. The minimum Gasteiger partial charge on any atom is -0.330 e. The standard InChI is InChI=1S/C10H14N4/c1-2-9-12-10-4-3-8(5-6-11)7-14(10)13-9/h3-4,7H,2,5-6,11H2,1H3. The SMILES string of the molecule is CCc1nc2ccc(CCN)cn2n1. The third-order valence-corrected chi connectivity index (χ3v) is 2.19. The Balaban J connectivity index is 2.43. The summed E-state index contributed by atoms with van der Waals surface area (Å²) in [4.78, 5) is 4.35. The zero-order valence-electron chi connectivity index (χ0n) is 8.27. The number of rotatable bonds is 3. The van der Waals surface area contributed by atoms with Crippen molar-refractivity contribution in [1.82, 2.24) is 14.6 Å². The Bertz CT molecular complexity index is 433. The van der Waals surface area contributed by atoms with Gasteiger partial charge in [-0.1, -0.05) is 13.0 Å². The van der Waals surface area contributed by atoms with E-state index in [1.165, 1.54) is 5.56 Å². The van der Waals surface area contributed by atoms with E-state index < -0.39 is 0 Å². The van der Waals surface area contributed by atoms with Crippen LogP contribution in [0.1, 0.15) is 18.3 Å². The van der Waals surface area contributed by atoms with Crippen LogP contribution in [-0.4, -0.2) is 21.1 Å². The molecule has 0 atom stereocenters. The van der Waals surface area contributed by atoms with Crippen LogP contribution in [0.2, 0.25) is 0 Å². The monoisotopic (exact) mass is 190 g/mol. The zero-order valence-corrected chi connectivity index (χ0v) is 8.27. The topological polar surface area (TPSA) is 56.2 Å². The average molecular weight is 190 g/mol. The molecule has 0 fully saturated rings. The fraction of sp³-hybridized carbons (Fsp3) is 0.400. The fourth-order valence-corrected chi connectivity index (χ4v) is 1.44. The number of pyridine rings is 1. The second-order valence-corrected chi connectivity index (χ2v) is 3.26. The quantitative estimate of drug-likeness (QED) is 0.778. The molecule has 2 N–H and O–H groups in total. The normalized spacial score (nSPS) is 11.0. The van der Waals surface area contributed by atoms with Crippen molar-refractivity contribution in [2.75, 3.05) is 6.54 Å². The lowest BCUT2D eigenvalue weighted by Crippen LogP contribution is -2.03. The Hall–Kier alpha value is -1.42. The summed E-state index contributed by atoms with van der Waals surface area (Å²) in [6.07, 6.45) is 3.75. The van der Waals surface area contributed by atoms with Crippen molar-refractivity contribution in [1.29, 1.82) is 0 Å². The van der Waals surface area contributed by atoms with Crippen LogP contribution >= 0.6 is 0 Å². The van der Waals surface area contributed by atoms with Gasteiger partial charge in [-0.15, -0.1) is 0 Å². The van der Waals surface area contributed by atoms with E-state index in [0.29, 0.717) is 6.54 Å². The largest absolute Gasteiger partial charge is 0.330 e. The van der Waals surface area contributed by atoms with Crippen molar-refractivity contribution in [2.45, 2.75) is 19.8 Å². The summed E-state index contributed by atoms with van der Waals surface area (Å²) < 4.78 is 1.82. The maximum atomic E-state index is 5.49. The van der Waals surface area contributed by atoms with Crippen molar-refractivity contribution in [2.24, 2.45) is 5.73 Å². The van der Waals surface area contributed by atoms with Gasteiger partial charge in [0, 0.05) is 12.6 Å². The van der Waals surface area contributed by atoms with Crippen molar-refractivity contribution in [3.8, 4) is 0 Å². The Labute approximate surface area is 82.8 Å². The second kappa shape index (κ2) is 3.75. The number of hydrogen-bond donors (Lipinski definition) is 1. The molecule has 0 aliphatic rings. The summed E-state index contributed by atoms with van der Waals surface area (Å²) in [5.74, 6) is 0.884. The van der Waals surface area contributed by atoms with Crippen LogP contribution in [0.3, 0.4) is 0 Å². The predicted molar refractivity (Wildman–Crippen MR) is 55.1 cm³/mol. The molecule has 0 amide bonds. The van der Waals surface area contributed by atoms with E-state index in [4.69, 9.17) is 5.73 Å². The molecule has 0 saturated carbocycles. The number of aromatic nitrogens is 3. The first-order chi connectivity index (χ1) is 6.83. The zero-order chi connectivity index (χ0) is 9.97. The van der Waals surface area contributed by atoms with Gasteiger partial charge >= 0.3 is 0 Å². The predicted octanol–water partition coefficient (Wildman–Crippen LogP) is 0.793. The number of hydrogen-bond acceptors (Lipinski definition) is 3. The summed E-state index contributed by atoms with van der Waals surface area (Å²) in [6.45, 7) is 2.72. The third-order valence-electron chi connectivity index (χ3n) is 2.19. The lowest BCUT2D eigenvalue weighted by molar-refractivity contribution is 0.867. The molecular formula is C10H14N4. The molecule has 4 heteroatoms. The van der Waals surface area contributed by atoms with Gasteiger partial charge in [0.2, 0.25) is 0 Å². The molecule has 4 nitrogen and oxygen atoms in total. The van der Waals surface area contributed by atoms with Gasteiger partial charge in [0.1, 0.15) is 0 Å². The van der Waals surface area contributed by atoms with Gasteiger partial charge in [-0.25, -0.2) is 9.50 Å². The van der Waals surface area contributed by atoms with Crippen LogP contribution in [0.25, 0.3) is 5.65 Å². The maximum Gasteiger partial charge on any atom is 0.155 e. The van der Waals surface area contributed by atoms with Crippen LogP contribution in [0.5, 0.6) is 0 Å². The molecule has 0 spiro atoms. The van der Waals surface area contributed by atoms with E-state index in [2.05, 4.69) is 23.1 Å². The third kappa shape index (κ3) is 1.61. The second-order valence-electron chi connectivity index (χ2n) is 3.26. The lowest BCUT2D eigenvalue weighted by Gasteiger charge is -1.97. The molecule has 0 radical (unpaired) electrons. The molecule has 74 valence electrons. The molecule has 0 aliphatic heterocycles. The van der Waals surface area contributed by atoms with Crippen molar-refractivity contribution < 1.29 is 0 Å². The van der Waals surface area contributed by atoms with Crippen LogP contribution in [0, 0.1) is 0 Å². The molecule has 2 rings (SSSR count). The van der Waals surface area contributed by atoms with Gasteiger partial charge in [0.15, 0.2) is 11.5 Å². The number of aryl methyl sites for hydroxylation is 1. The van der Waals surface area contributed by atoms with Crippen molar-refractivity contribution in [3.05, 3.63) is 29.7 Å². The van der Waals surface area contributed by atoms with Crippen molar-refractivity contribution in [3.63, 3.8) is 0 Å². The molecular weight excluding hydrogens is 176 g/mol. The first-order valence-corrected chi connectivity index (χ1v) is 4.87. The molecule has 0 saturated heterocycles. The molecule has 2 aromatic heterocycles. The minimum absolute atomic E-state index is 0.667. The Morgan fingerprint density at radius 1 is 1.43 bits per heavy atom. The van der Waals surface area contributed by atoms with E-state index in [1.54, 1.807) is 0 Å².